The van der Waals surface area contributed by atoms with Crippen LogP contribution in [0.15, 0.2) is 36.4 Å². The van der Waals surface area contributed by atoms with Gasteiger partial charge in [0.2, 0.25) is 5.91 Å². The Morgan fingerprint density at radius 2 is 1.93 bits per heavy atom. The van der Waals surface area contributed by atoms with Crippen molar-refractivity contribution in [2.45, 2.75) is 77.8 Å². The van der Waals surface area contributed by atoms with E-state index in [9.17, 15) is 15.0 Å². The first kappa shape index (κ1) is 29.4. The molecular formula is C34H47N3O5. The first-order chi connectivity index (χ1) is 20.1. The number of anilines is 1. The van der Waals surface area contributed by atoms with Crippen molar-refractivity contribution in [2.24, 2.45) is 29.1 Å². The lowest BCUT2D eigenvalue weighted by Crippen LogP contribution is -2.62. The van der Waals surface area contributed by atoms with Crippen LogP contribution in [-0.4, -0.2) is 72.8 Å². The number of hydroxylamine groups is 2. The number of hydrogen-bond acceptors (Lipinski definition) is 7. The molecule has 3 aliphatic carbocycles. The Morgan fingerprint density at radius 3 is 2.60 bits per heavy atom. The standard InChI is InChI=1S/C34H47N3O5/c1-19-26-15-23(34(26,3)4)16-27(19)35-33(40)31-29(20(2)39)28(18-38)42-37(31)17-22-10-8-12-25(32(22)41-6)24-11-7-9-21-13-14-36(5)30(21)24/h7-12,19-20,23,26-29,31,38-39H,13-18H2,1-6H3,(H,35,40)/t19-,20-,23+,26-,27-,28-,29-,31-/m0/s1. The monoisotopic (exact) mass is 577 g/mol. The number of hydrogen-bond donors (Lipinski definition) is 3. The van der Waals surface area contributed by atoms with Crippen LogP contribution in [0.25, 0.3) is 11.1 Å². The van der Waals surface area contributed by atoms with E-state index in [1.54, 1.807) is 19.1 Å². The second-order valence-electron chi connectivity index (χ2n) is 13.7. The Kier molecular flexibility index (Phi) is 7.79. The molecule has 0 aromatic heterocycles. The summed E-state index contributed by atoms with van der Waals surface area (Å²) in [5.74, 6) is 1.61. The van der Waals surface area contributed by atoms with Gasteiger partial charge < -0.3 is 25.2 Å². The summed E-state index contributed by atoms with van der Waals surface area (Å²) in [7, 11) is 3.80. The van der Waals surface area contributed by atoms with Crippen LogP contribution in [0.2, 0.25) is 0 Å². The van der Waals surface area contributed by atoms with Gasteiger partial charge in [0.25, 0.3) is 0 Å². The lowest BCUT2D eigenvalue weighted by Gasteiger charge is -2.62. The van der Waals surface area contributed by atoms with E-state index in [0.717, 1.165) is 41.8 Å². The maximum Gasteiger partial charge on any atom is 0.240 e. The molecule has 3 saturated carbocycles. The largest absolute Gasteiger partial charge is 0.496 e. The quantitative estimate of drug-likeness (QED) is 0.437. The number of aliphatic hydroxyl groups is 2. The maximum atomic E-state index is 14.1. The predicted molar refractivity (Wildman–Crippen MR) is 163 cm³/mol. The van der Waals surface area contributed by atoms with E-state index >= 15 is 0 Å². The minimum Gasteiger partial charge on any atom is -0.496 e. The van der Waals surface area contributed by atoms with Crippen LogP contribution in [0, 0.1) is 29.1 Å². The first-order valence-electron chi connectivity index (χ1n) is 15.6. The third-order valence-electron chi connectivity index (χ3n) is 11.2. The van der Waals surface area contributed by atoms with Gasteiger partial charge in [-0.15, -0.1) is 0 Å². The molecule has 2 aromatic carbocycles. The van der Waals surface area contributed by atoms with Crippen molar-refractivity contribution in [1.29, 1.82) is 0 Å². The van der Waals surface area contributed by atoms with E-state index < -0.39 is 24.2 Å². The molecule has 2 aliphatic heterocycles. The molecule has 2 bridgehead atoms. The highest BCUT2D eigenvalue weighted by molar-refractivity contribution is 5.86. The van der Waals surface area contributed by atoms with Crippen molar-refractivity contribution in [1.82, 2.24) is 10.4 Å². The number of fused-ring (bicyclic) bond motifs is 3. The number of ether oxygens (including phenoxy) is 1. The van der Waals surface area contributed by atoms with Gasteiger partial charge in [0.1, 0.15) is 17.9 Å². The summed E-state index contributed by atoms with van der Waals surface area (Å²) in [5.41, 5.74) is 5.85. The molecule has 0 unspecified atom stereocenters. The Balaban J connectivity index is 1.30. The topological polar surface area (TPSA) is 94.5 Å². The number of likely N-dealkylation sites (N-methyl/N-ethyl adjacent to an activating group) is 1. The number of para-hydroxylation sites is 2. The molecule has 0 radical (unpaired) electrons. The molecule has 1 saturated heterocycles. The number of nitrogens with one attached hydrogen (secondary N) is 1. The minimum atomic E-state index is -0.838. The fraction of sp³-hybridized carbons (Fsp3) is 0.618. The zero-order valence-electron chi connectivity index (χ0n) is 25.8. The Hall–Kier alpha value is -2.65. The molecule has 0 spiro atoms. The smallest absolute Gasteiger partial charge is 0.240 e. The van der Waals surface area contributed by atoms with Gasteiger partial charge >= 0.3 is 0 Å². The average molecular weight is 578 g/mol. The fourth-order valence-electron chi connectivity index (χ4n) is 8.68. The van der Waals surface area contributed by atoms with E-state index in [1.165, 1.54) is 17.7 Å². The summed E-state index contributed by atoms with van der Waals surface area (Å²) in [6.07, 6.45) is 1.70. The number of amides is 1. The van der Waals surface area contributed by atoms with E-state index in [-0.39, 0.29) is 25.1 Å². The highest BCUT2D eigenvalue weighted by Gasteiger charge is 2.57. The summed E-state index contributed by atoms with van der Waals surface area (Å²) < 4.78 is 6.03. The molecule has 8 atom stereocenters. The maximum absolute atomic E-state index is 14.1. The van der Waals surface area contributed by atoms with Crippen molar-refractivity contribution in [2.75, 3.05) is 32.2 Å². The van der Waals surface area contributed by atoms with Gasteiger partial charge in [0.15, 0.2) is 0 Å². The number of nitrogens with zero attached hydrogens (tertiary/aromatic N) is 2. The zero-order chi connectivity index (χ0) is 29.9. The van der Waals surface area contributed by atoms with Crippen molar-refractivity contribution >= 4 is 11.6 Å². The third kappa shape index (κ3) is 4.71. The van der Waals surface area contributed by atoms with E-state index in [1.807, 2.05) is 12.1 Å². The second-order valence-corrected chi connectivity index (χ2v) is 13.7. The molecule has 228 valence electrons. The lowest BCUT2D eigenvalue weighted by atomic mass is 9.45. The van der Waals surface area contributed by atoms with Crippen molar-refractivity contribution in [3.63, 3.8) is 0 Å². The molecule has 1 amide bonds. The number of methoxy groups -OCH3 is 1. The molecule has 3 N–H and O–H groups in total. The summed E-state index contributed by atoms with van der Waals surface area (Å²) in [6.45, 7) is 9.61. The Bertz CT molecular complexity index is 1330. The number of carbonyl (C=O) groups is 1. The lowest BCUT2D eigenvalue weighted by molar-refractivity contribution is -0.183. The number of aliphatic hydroxyl groups excluding tert-OH is 2. The molecule has 2 aromatic rings. The first-order valence-corrected chi connectivity index (χ1v) is 15.6. The van der Waals surface area contributed by atoms with E-state index in [2.05, 4.69) is 62.3 Å². The van der Waals surface area contributed by atoms with Gasteiger partial charge in [0.05, 0.1) is 26.4 Å². The SMILES string of the molecule is COc1c(CN2O[C@@H](CO)[C@H]([C@H](C)O)[C@H]2C(=O)N[C@H]2C[C@H]3C[C@@H]([C@@H]2C)C3(C)C)cccc1-c1cccc2c1N(C)CC2. The molecule has 2 heterocycles. The van der Waals surface area contributed by atoms with Gasteiger partial charge in [-0.2, -0.15) is 5.06 Å². The Labute approximate surface area is 249 Å². The third-order valence-corrected chi connectivity index (χ3v) is 11.2. The van der Waals surface area contributed by atoms with Gasteiger partial charge in [-0.05, 0) is 54.9 Å². The van der Waals surface area contributed by atoms with Gasteiger partial charge in [-0.1, -0.05) is 57.2 Å². The van der Waals surface area contributed by atoms with Crippen LogP contribution in [-0.2, 0) is 22.6 Å². The zero-order valence-corrected chi connectivity index (χ0v) is 25.8. The van der Waals surface area contributed by atoms with Crippen LogP contribution < -0.4 is 15.0 Å². The van der Waals surface area contributed by atoms with Gasteiger partial charge in [0, 0.05) is 47.9 Å². The molecule has 42 heavy (non-hydrogen) atoms. The van der Waals surface area contributed by atoms with E-state index in [0.29, 0.717) is 23.2 Å². The molecular weight excluding hydrogens is 530 g/mol. The Morgan fingerprint density at radius 1 is 1.19 bits per heavy atom. The molecule has 7 rings (SSSR count). The summed E-state index contributed by atoms with van der Waals surface area (Å²) in [6, 6.07) is 11.8. The van der Waals surface area contributed by atoms with Crippen LogP contribution >= 0.6 is 0 Å². The molecule has 4 fully saturated rings. The molecule has 8 nitrogen and oxygen atoms in total. The van der Waals surface area contributed by atoms with Crippen LogP contribution in [0.1, 0.15) is 51.7 Å². The average Bonchev–Trinajstić information content (AvgIpc) is 3.54. The van der Waals surface area contributed by atoms with Crippen molar-refractivity contribution in [3.8, 4) is 16.9 Å². The summed E-state index contributed by atoms with van der Waals surface area (Å²) in [5, 5.41) is 26.1. The van der Waals surface area contributed by atoms with Crippen LogP contribution in [0.5, 0.6) is 5.75 Å². The predicted octanol–water partition coefficient (Wildman–Crippen LogP) is 4.02. The van der Waals surface area contributed by atoms with Gasteiger partial charge in [-0.25, -0.2) is 0 Å². The highest BCUT2D eigenvalue weighted by atomic mass is 16.7. The summed E-state index contributed by atoms with van der Waals surface area (Å²) in [4.78, 5) is 22.6. The molecule has 8 heteroatoms. The minimum absolute atomic E-state index is 0.0916. The molecule has 5 aliphatic rings. The van der Waals surface area contributed by atoms with Crippen LogP contribution in [0.3, 0.4) is 0 Å². The highest BCUT2D eigenvalue weighted by Crippen LogP contribution is 2.61. The fourth-order valence-corrected chi connectivity index (χ4v) is 8.68. The van der Waals surface area contributed by atoms with E-state index in [4.69, 9.17) is 9.57 Å². The van der Waals surface area contributed by atoms with Crippen LogP contribution in [0.4, 0.5) is 5.69 Å². The summed E-state index contributed by atoms with van der Waals surface area (Å²) >= 11 is 0. The number of benzene rings is 2. The van der Waals surface area contributed by atoms with Crippen molar-refractivity contribution in [3.05, 3.63) is 47.5 Å². The number of rotatable bonds is 8. The van der Waals surface area contributed by atoms with Crippen molar-refractivity contribution < 1.29 is 24.6 Å². The number of carbonyl (C=O) groups excluding carboxylic acids is 1. The van der Waals surface area contributed by atoms with Gasteiger partial charge in [-0.3, -0.25) is 9.63 Å². The second kappa shape index (κ2) is 11.1. The normalized spacial score (nSPS) is 32.3.